The monoisotopic (exact) mass is 330 g/mol. The fraction of sp³-hybridized carbons (Fsp3) is 0. The number of halogens is 1. The van der Waals surface area contributed by atoms with Gasteiger partial charge in [-0.15, -0.1) is 0 Å². The van der Waals surface area contributed by atoms with Crippen molar-refractivity contribution in [3.05, 3.63) is 45.1 Å². The Kier molecular flexibility index (Phi) is 3.66. The molecule has 0 amide bonds. The average molecular weight is 330 g/mol. The molecule has 76 valence electrons. The van der Waals surface area contributed by atoms with Gasteiger partial charge in [0.05, 0.1) is 4.88 Å². The van der Waals surface area contributed by atoms with Crippen LogP contribution in [-0.4, -0.2) is 9.95 Å². The first-order valence-electron chi connectivity index (χ1n) is 4.19. The van der Waals surface area contributed by atoms with E-state index in [1.807, 2.05) is 18.2 Å². The van der Waals surface area contributed by atoms with Crippen molar-refractivity contribution in [2.24, 2.45) is 0 Å². The van der Waals surface area contributed by atoms with Crippen molar-refractivity contribution >= 4 is 42.0 Å². The lowest BCUT2D eigenvalue weighted by Crippen LogP contribution is -1.88. The van der Waals surface area contributed by atoms with Gasteiger partial charge < -0.3 is 4.74 Å². The van der Waals surface area contributed by atoms with E-state index in [0.29, 0.717) is 4.88 Å². The zero-order chi connectivity index (χ0) is 10.5. The third-order valence-corrected chi connectivity index (χ3v) is 3.93. The predicted octanol–water partition coefficient (Wildman–Crippen LogP) is 3.28. The van der Waals surface area contributed by atoms with E-state index in [2.05, 4.69) is 7.75 Å². The minimum atomic E-state index is -0.0851. The van der Waals surface area contributed by atoms with Gasteiger partial charge in [-0.25, -0.2) is 0 Å². The molecule has 0 fully saturated rings. The highest BCUT2D eigenvalue weighted by atomic mass is 127. The summed E-state index contributed by atoms with van der Waals surface area (Å²) in [5.74, 6) is 0.766. The number of thiophene rings is 1. The maximum Gasteiger partial charge on any atom is 0.181 e. The molecule has 0 unspecified atom stereocenters. The predicted molar refractivity (Wildman–Crippen MR) is 71.2 cm³/mol. The maximum absolute atomic E-state index is 10.5. The third kappa shape index (κ3) is 2.99. The van der Waals surface area contributed by atoms with E-state index in [9.17, 15) is 4.79 Å². The average Bonchev–Trinajstić information content (AvgIpc) is 2.54. The first-order valence-corrected chi connectivity index (χ1v) is 7.33. The largest absolute Gasteiger partial charge is 0.446 e. The van der Waals surface area contributed by atoms with Crippen LogP contribution in [0.2, 0.25) is 0 Å². The number of hydrogen-bond donors (Lipinski definition) is 0. The van der Waals surface area contributed by atoms with Gasteiger partial charge in [0.2, 0.25) is 0 Å². The zero-order valence-corrected chi connectivity index (χ0v) is 10.6. The molecule has 2 nitrogen and oxygen atoms in total. The quantitative estimate of drug-likeness (QED) is 0.628. The van der Waals surface area contributed by atoms with Crippen molar-refractivity contribution in [1.82, 2.24) is 0 Å². The summed E-state index contributed by atoms with van der Waals surface area (Å²) >= 11 is 1.25. The van der Waals surface area contributed by atoms with Gasteiger partial charge >= 0.3 is 0 Å². The Morgan fingerprint density at radius 3 is 3.20 bits per heavy atom. The Hall–Kier alpha value is -0.970. The Balaban J connectivity index is 2.15. The summed E-state index contributed by atoms with van der Waals surface area (Å²) in [5, 5.41) is 0.731. The highest BCUT2D eigenvalue weighted by molar-refractivity contribution is 14.2. The molecule has 1 aromatic heterocycles. The van der Waals surface area contributed by atoms with E-state index in [0.717, 1.165) is 17.1 Å². The summed E-state index contributed by atoms with van der Waals surface area (Å²) in [4.78, 5) is 11.2. The number of allylic oxidation sites excluding steroid dienone is 3. The highest BCUT2D eigenvalue weighted by Crippen LogP contribution is 2.25. The molecule has 4 heteroatoms. The lowest BCUT2D eigenvalue weighted by molar-refractivity contribution is 0.112. The van der Waals surface area contributed by atoms with E-state index in [1.165, 1.54) is 11.3 Å². The second kappa shape index (κ2) is 5.21. The minimum Gasteiger partial charge on any atom is -0.446 e. The van der Waals surface area contributed by atoms with Crippen LogP contribution in [0, 0.1) is 0 Å². The van der Waals surface area contributed by atoms with Gasteiger partial charge in [-0.05, 0) is 43.0 Å². The molecule has 0 bridgehead atoms. The second-order valence-corrected chi connectivity index (χ2v) is 5.67. The first kappa shape index (κ1) is 10.5. The van der Waals surface area contributed by atoms with Crippen molar-refractivity contribution in [3.63, 3.8) is 0 Å². The van der Waals surface area contributed by atoms with Crippen LogP contribution in [0.3, 0.4) is 0 Å². The van der Waals surface area contributed by atoms with Crippen molar-refractivity contribution in [3.8, 4) is 5.06 Å². The highest BCUT2D eigenvalue weighted by Gasteiger charge is 2.01. The van der Waals surface area contributed by atoms with Crippen LogP contribution < -0.4 is 4.74 Å². The molecule has 1 aliphatic heterocycles. The summed E-state index contributed by atoms with van der Waals surface area (Å²) in [6.45, 7) is 0. The van der Waals surface area contributed by atoms with Crippen molar-refractivity contribution in [1.29, 1.82) is 0 Å². The molecule has 0 radical (unpaired) electrons. The molecule has 0 saturated heterocycles. The van der Waals surface area contributed by atoms with Crippen LogP contribution in [-0.2, 0) is 0 Å². The van der Waals surface area contributed by atoms with Crippen LogP contribution in [0.5, 0.6) is 5.06 Å². The molecular weight excluding hydrogens is 323 g/mol. The van der Waals surface area contributed by atoms with Crippen molar-refractivity contribution in [2.75, 3.05) is 0 Å². The zero-order valence-electron chi connectivity index (χ0n) is 7.64. The summed E-state index contributed by atoms with van der Waals surface area (Å²) in [6.07, 6.45) is 6.56. The standard InChI is InChI=1S/C11H7IO2S/c13-8-10-3-4-11(15-10)14-9-2-1-6-12-7-5-9/h1-6,8H. The smallest absolute Gasteiger partial charge is 0.181 e. The number of hydrogen-bond acceptors (Lipinski definition) is 3. The molecule has 2 heterocycles. The van der Waals surface area contributed by atoms with Gasteiger partial charge in [0.25, 0.3) is 0 Å². The summed E-state index contributed by atoms with van der Waals surface area (Å²) in [6, 6.07) is 3.55. The number of carbonyl (C=O) groups excluding carboxylic acids is 1. The fourth-order valence-electron chi connectivity index (χ4n) is 0.970. The molecule has 0 aliphatic carbocycles. The molecule has 15 heavy (non-hydrogen) atoms. The van der Waals surface area contributed by atoms with Gasteiger partial charge in [0.15, 0.2) is 11.3 Å². The Morgan fingerprint density at radius 1 is 1.47 bits per heavy atom. The van der Waals surface area contributed by atoms with E-state index in [-0.39, 0.29) is 20.7 Å². The molecule has 0 saturated carbocycles. The number of ether oxygens (including phenoxy) is 1. The maximum atomic E-state index is 10.5. The SMILES string of the molecule is O=Cc1ccc(OC2=CC=CI=C=C2)s1. The van der Waals surface area contributed by atoms with Crippen LogP contribution in [0.25, 0.3) is 0 Å². The summed E-state index contributed by atoms with van der Waals surface area (Å²) in [5.41, 5.74) is 0. The van der Waals surface area contributed by atoms with Crippen molar-refractivity contribution in [2.45, 2.75) is 0 Å². The summed E-state index contributed by atoms with van der Waals surface area (Å²) in [7, 11) is 0. The van der Waals surface area contributed by atoms with Crippen LogP contribution >= 0.6 is 32.1 Å². The van der Waals surface area contributed by atoms with E-state index in [1.54, 1.807) is 12.1 Å². The van der Waals surface area contributed by atoms with E-state index >= 15 is 0 Å². The molecule has 1 aliphatic rings. The van der Waals surface area contributed by atoms with Crippen LogP contribution in [0.4, 0.5) is 0 Å². The van der Waals surface area contributed by atoms with Gasteiger partial charge in [-0.3, -0.25) is 4.79 Å². The van der Waals surface area contributed by atoms with Crippen LogP contribution in [0.15, 0.2) is 40.2 Å². The van der Waals surface area contributed by atoms with Gasteiger partial charge in [-0.1, -0.05) is 21.1 Å². The van der Waals surface area contributed by atoms with E-state index < -0.39 is 0 Å². The molecular formula is C11H7IO2S. The first-order chi connectivity index (χ1) is 7.38. The van der Waals surface area contributed by atoms with Crippen molar-refractivity contribution < 1.29 is 9.53 Å². The number of rotatable bonds is 3. The Bertz CT molecular complexity index is 490. The molecule has 0 spiro atoms. The molecule has 0 atom stereocenters. The minimum absolute atomic E-state index is 0.0851. The van der Waals surface area contributed by atoms with Gasteiger partial charge in [-0.2, -0.15) is 0 Å². The van der Waals surface area contributed by atoms with Gasteiger partial charge in [0.1, 0.15) is 5.76 Å². The lowest BCUT2D eigenvalue weighted by atomic mass is 10.4. The molecule has 0 aromatic carbocycles. The van der Waals surface area contributed by atoms with Crippen LogP contribution in [0.1, 0.15) is 9.67 Å². The molecule has 1 aromatic rings. The third-order valence-electron chi connectivity index (χ3n) is 1.59. The molecule has 2 rings (SSSR count). The summed E-state index contributed by atoms with van der Waals surface area (Å²) < 4.78 is 10.9. The topological polar surface area (TPSA) is 26.3 Å². The fourth-order valence-corrected chi connectivity index (χ4v) is 2.77. The lowest BCUT2D eigenvalue weighted by Gasteiger charge is -2.00. The number of aldehydes is 1. The number of carbonyl (C=O) groups is 1. The Labute approximate surface area is 101 Å². The second-order valence-electron chi connectivity index (χ2n) is 2.63. The van der Waals surface area contributed by atoms with Gasteiger partial charge in [0, 0.05) is 6.08 Å². The van der Waals surface area contributed by atoms with E-state index in [4.69, 9.17) is 4.74 Å². The normalized spacial score (nSPS) is 14.0. The molecule has 0 N–H and O–H groups in total. The Morgan fingerprint density at radius 2 is 2.40 bits per heavy atom.